The Labute approximate surface area is 78.3 Å². The van der Waals surface area contributed by atoms with Gasteiger partial charge in [-0.3, -0.25) is 4.79 Å². The van der Waals surface area contributed by atoms with Gasteiger partial charge in [-0.2, -0.15) is 0 Å². The van der Waals surface area contributed by atoms with Crippen LogP contribution in [0.2, 0.25) is 0 Å². The molecule has 0 spiro atoms. The summed E-state index contributed by atoms with van der Waals surface area (Å²) in [7, 11) is 0. The van der Waals surface area contributed by atoms with Crippen molar-refractivity contribution in [3.8, 4) is 0 Å². The summed E-state index contributed by atoms with van der Waals surface area (Å²) >= 11 is 0. The molecule has 0 saturated heterocycles. The van der Waals surface area contributed by atoms with Crippen molar-refractivity contribution in [3.63, 3.8) is 0 Å². The molecule has 0 aromatic heterocycles. The van der Waals surface area contributed by atoms with Crippen molar-refractivity contribution in [1.82, 2.24) is 0 Å². The third-order valence-corrected chi connectivity index (χ3v) is 0.803. The molecule has 49 valence electrons. The number of hydrogen-bond acceptors (Lipinski definition) is 2. The fraction of sp³-hybridized carbons (Fsp3) is 0.833. The van der Waals surface area contributed by atoms with Crippen LogP contribution in [-0.4, -0.2) is 42.1 Å². The smallest absolute Gasteiger partial charge is 0.302 e. The van der Waals surface area contributed by atoms with Crippen LogP contribution in [0.4, 0.5) is 0 Å². The van der Waals surface area contributed by atoms with Crippen molar-refractivity contribution < 1.29 is 9.53 Å². The number of carbonyl (C=O) groups is 1. The van der Waals surface area contributed by atoms with E-state index in [4.69, 9.17) is 0 Å². The summed E-state index contributed by atoms with van der Waals surface area (Å²) in [6, 6.07) is 0. The molecule has 3 heteroatoms. The molecule has 0 aliphatic heterocycles. The monoisotopic (exact) mass is 139 g/mol. The summed E-state index contributed by atoms with van der Waals surface area (Å²) in [4.78, 5) is 10.1. The number of ether oxygens (including phenoxy) is 1. The maximum absolute atomic E-state index is 10.1. The molecule has 0 aromatic carbocycles. The fourth-order valence-corrected chi connectivity index (χ4v) is 0.360. The third-order valence-electron chi connectivity index (χ3n) is 0.803. The molecule has 0 aromatic rings. The maximum atomic E-state index is 10.1. The van der Waals surface area contributed by atoms with Gasteiger partial charge in [0.2, 0.25) is 0 Å². The molecule has 0 aliphatic carbocycles. The van der Waals surface area contributed by atoms with Gasteiger partial charge in [-0.05, 0) is 6.42 Å². The van der Waals surface area contributed by atoms with E-state index in [2.05, 4.69) is 11.7 Å². The Hall–Kier alpha value is 0.470. The summed E-state index contributed by atoms with van der Waals surface area (Å²) in [6.45, 7) is 4.06. The van der Waals surface area contributed by atoms with Gasteiger partial charge in [0, 0.05) is 36.5 Å². The van der Waals surface area contributed by atoms with E-state index in [1.165, 1.54) is 6.92 Å². The van der Waals surface area contributed by atoms with Crippen LogP contribution in [-0.2, 0) is 9.53 Å². The molecular weight excluding hydrogens is 127 g/mol. The summed E-state index contributed by atoms with van der Waals surface area (Å²) < 4.78 is 4.64. The Morgan fingerprint density at radius 3 is 2.44 bits per heavy atom. The zero-order valence-corrected chi connectivity index (χ0v) is 8.44. The molecule has 0 amide bonds. The van der Waals surface area contributed by atoms with E-state index < -0.39 is 0 Å². The second kappa shape index (κ2) is 8.47. The van der Waals surface area contributed by atoms with Crippen molar-refractivity contribution in [1.29, 1.82) is 0 Å². The molecule has 0 N–H and O–H groups in total. The van der Waals surface area contributed by atoms with Gasteiger partial charge < -0.3 is 4.74 Å². The fourth-order valence-electron chi connectivity index (χ4n) is 0.360. The first-order valence-corrected chi connectivity index (χ1v) is 2.90. The topological polar surface area (TPSA) is 26.3 Å². The second-order valence-electron chi connectivity index (χ2n) is 1.69. The van der Waals surface area contributed by atoms with Gasteiger partial charge in [0.15, 0.2) is 0 Å². The van der Waals surface area contributed by atoms with Crippen molar-refractivity contribution >= 4 is 35.5 Å². The first-order valence-electron chi connectivity index (χ1n) is 2.90. The average Bonchev–Trinajstić information content (AvgIpc) is 1.66. The molecule has 9 heavy (non-hydrogen) atoms. The van der Waals surface area contributed by atoms with Crippen molar-refractivity contribution in [2.75, 3.05) is 6.61 Å². The van der Waals surface area contributed by atoms with Crippen molar-refractivity contribution in [2.45, 2.75) is 26.7 Å². The quantitative estimate of drug-likeness (QED) is 0.331. The number of carbonyl (C=O) groups excluding carboxylic acids is 1. The zero-order valence-electron chi connectivity index (χ0n) is 6.44. The molecule has 0 bridgehead atoms. The first kappa shape index (κ1) is 12.2. The van der Waals surface area contributed by atoms with E-state index in [0.29, 0.717) is 6.61 Å². The Bertz CT molecular complexity index is 73.5. The van der Waals surface area contributed by atoms with Crippen LogP contribution in [0.3, 0.4) is 0 Å². The van der Waals surface area contributed by atoms with E-state index in [0.717, 1.165) is 12.8 Å². The number of unbranched alkanes of at least 4 members (excludes halogenated alkanes) is 1. The number of esters is 1. The normalized spacial score (nSPS) is 7.78. The molecule has 0 heterocycles. The zero-order chi connectivity index (χ0) is 6.41. The number of hydrogen-bond donors (Lipinski definition) is 0. The first-order chi connectivity index (χ1) is 3.77. The Morgan fingerprint density at radius 2 is 2.11 bits per heavy atom. The summed E-state index contributed by atoms with van der Waals surface area (Å²) in [6.07, 6.45) is 2.05. The van der Waals surface area contributed by atoms with E-state index in [-0.39, 0.29) is 35.5 Å². The van der Waals surface area contributed by atoms with E-state index in [1.807, 2.05) is 0 Å². The predicted molar refractivity (Wildman–Crippen MR) is 37.3 cm³/mol. The molecule has 0 atom stereocenters. The molecule has 0 rings (SSSR count). The molecule has 0 fully saturated rings. The molecular formula is C6H12NaO2. The Morgan fingerprint density at radius 1 is 1.56 bits per heavy atom. The van der Waals surface area contributed by atoms with Gasteiger partial charge in [-0.1, -0.05) is 13.3 Å². The molecule has 0 aliphatic rings. The predicted octanol–water partition coefficient (Wildman–Crippen LogP) is 0.969. The van der Waals surface area contributed by atoms with E-state index in [9.17, 15) is 4.79 Å². The molecule has 2 nitrogen and oxygen atoms in total. The van der Waals surface area contributed by atoms with Crippen LogP contribution in [0.5, 0.6) is 0 Å². The Balaban J connectivity index is 0. The van der Waals surface area contributed by atoms with Gasteiger partial charge in [-0.25, -0.2) is 0 Å². The van der Waals surface area contributed by atoms with Crippen LogP contribution in [0.25, 0.3) is 0 Å². The van der Waals surface area contributed by atoms with Crippen LogP contribution >= 0.6 is 0 Å². The van der Waals surface area contributed by atoms with Crippen molar-refractivity contribution in [2.24, 2.45) is 0 Å². The molecule has 1 radical (unpaired) electrons. The van der Waals surface area contributed by atoms with E-state index >= 15 is 0 Å². The van der Waals surface area contributed by atoms with E-state index in [1.54, 1.807) is 0 Å². The Kier molecular flexibility index (Phi) is 11.5. The summed E-state index contributed by atoms with van der Waals surface area (Å²) in [5.74, 6) is -0.182. The van der Waals surface area contributed by atoms with Crippen molar-refractivity contribution in [3.05, 3.63) is 0 Å². The van der Waals surface area contributed by atoms with Crippen LogP contribution in [0.1, 0.15) is 26.7 Å². The van der Waals surface area contributed by atoms with Gasteiger partial charge in [0.1, 0.15) is 0 Å². The molecule has 0 saturated carbocycles. The van der Waals surface area contributed by atoms with Gasteiger partial charge in [0.25, 0.3) is 0 Å². The van der Waals surface area contributed by atoms with Crippen LogP contribution < -0.4 is 0 Å². The average molecular weight is 139 g/mol. The standard InChI is InChI=1S/C6H12O2.Na/c1-3-4-5-8-6(2)7;/h3-5H2,1-2H3;. The summed E-state index contributed by atoms with van der Waals surface area (Å²) in [5.41, 5.74) is 0. The minimum Gasteiger partial charge on any atom is -0.466 e. The minimum absolute atomic E-state index is 0. The van der Waals surface area contributed by atoms with Crippen LogP contribution in [0, 0.1) is 0 Å². The summed E-state index contributed by atoms with van der Waals surface area (Å²) in [5, 5.41) is 0. The SMILES string of the molecule is CCCCOC(C)=O.[Na]. The third kappa shape index (κ3) is 11.8. The van der Waals surface area contributed by atoms with Gasteiger partial charge in [0.05, 0.1) is 6.61 Å². The van der Waals surface area contributed by atoms with Gasteiger partial charge in [-0.15, -0.1) is 0 Å². The van der Waals surface area contributed by atoms with Crippen LogP contribution in [0.15, 0.2) is 0 Å². The largest absolute Gasteiger partial charge is 0.466 e. The molecule has 0 unspecified atom stereocenters. The maximum Gasteiger partial charge on any atom is 0.302 e. The van der Waals surface area contributed by atoms with Gasteiger partial charge >= 0.3 is 5.97 Å². The number of rotatable bonds is 3. The minimum atomic E-state index is -0.182. The second-order valence-corrected chi connectivity index (χ2v) is 1.69.